The second-order valence-electron chi connectivity index (χ2n) is 3.82. The minimum atomic E-state index is 0.568. The highest BCUT2D eigenvalue weighted by molar-refractivity contribution is 14.1. The Hall–Kier alpha value is -0.740. The number of hydrogen-bond donors (Lipinski definition) is 0. The van der Waals surface area contributed by atoms with Gasteiger partial charge in [0.05, 0.1) is 0 Å². The van der Waals surface area contributed by atoms with E-state index in [1.54, 1.807) is 0 Å². The highest BCUT2D eigenvalue weighted by Crippen LogP contribution is 2.23. The monoisotopic (exact) mass is 358 g/mol. The molecule has 0 saturated heterocycles. The molecular formula is C14H12ClIO. The number of ether oxygens (including phenoxy) is 1. The van der Waals surface area contributed by atoms with Crippen LogP contribution in [0.5, 0.6) is 5.75 Å². The SMILES string of the molecule is Cc1ccc(Cl)cc1OCc1ccc(I)cc1. The van der Waals surface area contributed by atoms with E-state index in [1.165, 1.54) is 3.57 Å². The van der Waals surface area contributed by atoms with Gasteiger partial charge in [-0.3, -0.25) is 0 Å². The van der Waals surface area contributed by atoms with E-state index in [0.717, 1.165) is 16.9 Å². The standard InChI is InChI=1S/C14H12ClIO/c1-10-2-5-12(15)8-14(10)17-9-11-3-6-13(16)7-4-11/h2-8H,9H2,1H3. The van der Waals surface area contributed by atoms with Crippen molar-refractivity contribution in [3.63, 3.8) is 0 Å². The van der Waals surface area contributed by atoms with Crippen LogP contribution in [0.3, 0.4) is 0 Å². The molecule has 17 heavy (non-hydrogen) atoms. The first-order chi connectivity index (χ1) is 8.15. The molecule has 2 aromatic rings. The van der Waals surface area contributed by atoms with Crippen LogP contribution in [-0.4, -0.2) is 0 Å². The first kappa shape index (κ1) is 12.7. The molecule has 0 amide bonds. The van der Waals surface area contributed by atoms with Crippen molar-refractivity contribution in [1.29, 1.82) is 0 Å². The second-order valence-corrected chi connectivity index (χ2v) is 5.51. The van der Waals surface area contributed by atoms with Gasteiger partial charge in [0.25, 0.3) is 0 Å². The molecule has 0 atom stereocenters. The third-order valence-electron chi connectivity index (χ3n) is 2.46. The van der Waals surface area contributed by atoms with E-state index >= 15 is 0 Å². The molecule has 0 unspecified atom stereocenters. The summed E-state index contributed by atoms with van der Waals surface area (Å²) in [5, 5.41) is 0.702. The number of benzene rings is 2. The lowest BCUT2D eigenvalue weighted by Gasteiger charge is -2.09. The van der Waals surface area contributed by atoms with Crippen molar-refractivity contribution in [3.05, 3.63) is 62.2 Å². The zero-order valence-corrected chi connectivity index (χ0v) is 12.3. The summed E-state index contributed by atoms with van der Waals surface area (Å²) in [5.41, 5.74) is 2.25. The van der Waals surface area contributed by atoms with Crippen molar-refractivity contribution >= 4 is 34.2 Å². The fraction of sp³-hybridized carbons (Fsp3) is 0.143. The highest BCUT2D eigenvalue weighted by Gasteiger charge is 2.01. The molecule has 0 aliphatic carbocycles. The van der Waals surface area contributed by atoms with E-state index < -0.39 is 0 Å². The molecule has 0 radical (unpaired) electrons. The lowest BCUT2D eigenvalue weighted by atomic mass is 10.2. The first-order valence-electron chi connectivity index (χ1n) is 5.28. The van der Waals surface area contributed by atoms with Crippen LogP contribution in [0, 0.1) is 10.5 Å². The maximum atomic E-state index is 5.94. The zero-order chi connectivity index (χ0) is 12.3. The molecular weight excluding hydrogens is 347 g/mol. The molecule has 88 valence electrons. The Kier molecular flexibility index (Phi) is 4.29. The van der Waals surface area contributed by atoms with Crippen molar-refractivity contribution in [2.45, 2.75) is 13.5 Å². The van der Waals surface area contributed by atoms with Crippen LogP contribution in [0.2, 0.25) is 5.02 Å². The van der Waals surface area contributed by atoms with Crippen molar-refractivity contribution in [2.75, 3.05) is 0 Å². The first-order valence-corrected chi connectivity index (χ1v) is 6.74. The minimum absolute atomic E-state index is 0.568. The van der Waals surface area contributed by atoms with Gasteiger partial charge in [-0.25, -0.2) is 0 Å². The topological polar surface area (TPSA) is 9.23 Å². The van der Waals surface area contributed by atoms with E-state index in [2.05, 4.69) is 46.9 Å². The normalized spacial score (nSPS) is 10.3. The van der Waals surface area contributed by atoms with E-state index in [0.29, 0.717) is 11.6 Å². The van der Waals surface area contributed by atoms with E-state index in [1.807, 2.05) is 25.1 Å². The lowest BCUT2D eigenvalue weighted by molar-refractivity contribution is 0.304. The number of rotatable bonds is 3. The third-order valence-corrected chi connectivity index (χ3v) is 3.41. The maximum absolute atomic E-state index is 5.94. The summed E-state index contributed by atoms with van der Waals surface area (Å²) in [6.07, 6.45) is 0. The van der Waals surface area contributed by atoms with E-state index in [4.69, 9.17) is 16.3 Å². The molecule has 0 heterocycles. The Morgan fingerprint density at radius 2 is 1.82 bits per heavy atom. The van der Waals surface area contributed by atoms with Crippen molar-refractivity contribution in [3.8, 4) is 5.75 Å². The molecule has 1 nitrogen and oxygen atoms in total. The minimum Gasteiger partial charge on any atom is -0.489 e. The Balaban J connectivity index is 2.07. The molecule has 0 spiro atoms. The number of hydrogen-bond acceptors (Lipinski definition) is 1. The summed E-state index contributed by atoms with van der Waals surface area (Å²) in [4.78, 5) is 0. The van der Waals surface area contributed by atoms with E-state index in [9.17, 15) is 0 Å². The molecule has 3 heteroatoms. The number of aryl methyl sites for hydroxylation is 1. The largest absolute Gasteiger partial charge is 0.489 e. The average molecular weight is 359 g/mol. The van der Waals surface area contributed by atoms with Crippen LogP contribution in [0.15, 0.2) is 42.5 Å². The molecule has 0 aromatic heterocycles. The lowest BCUT2D eigenvalue weighted by Crippen LogP contribution is -1.96. The summed E-state index contributed by atoms with van der Waals surface area (Å²) < 4.78 is 6.98. The molecule has 0 aliphatic rings. The quantitative estimate of drug-likeness (QED) is 0.714. The van der Waals surface area contributed by atoms with Crippen LogP contribution in [0.4, 0.5) is 0 Å². The van der Waals surface area contributed by atoms with Gasteiger partial charge in [-0.2, -0.15) is 0 Å². The van der Waals surface area contributed by atoms with Gasteiger partial charge in [-0.1, -0.05) is 29.8 Å². The predicted octanol–water partition coefficient (Wildman–Crippen LogP) is 4.83. The van der Waals surface area contributed by atoms with Gasteiger partial charge < -0.3 is 4.74 Å². The summed E-state index contributed by atoms with van der Waals surface area (Å²) >= 11 is 8.23. The van der Waals surface area contributed by atoms with Crippen molar-refractivity contribution in [1.82, 2.24) is 0 Å². The Bertz CT molecular complexity index is 508. The van der Waals surface area contributed by atoms with Gasteiger partial charge in [0.15, 0.2) is 0 Å². The fourth-order valence-corrected chi connectivity index (χ4v) is 1.99. The van der Waals surface area contributed by atoms with Gasteiger partial charge in [0.2, 0.25) is 0 Å². The van der Waals surface area contributed by atoms with Crippen LogP contribution in [-0.2, 0) is 6.61 Å². The second kappa shape index (κ2) is 5.74. The van der Waals surface area contributed by atoms with Crippen molar-refractivity contribution < 1.29 is 4.74 Å². The maximum Gasteiger partial charge on any atom is 0.124 e. The fourth-order valence-electron chi connectivity index (χ4n) is 1.47. The van der Waals surface area contributed by atoms with E-state index in [-0.39, 0.29) is 0 Å². The smallest absolute Gasteiger partial charge is 0.124 e. The molecule has 2 aromatic carbocycles. The molecule has 0 saturated carbocycles. The van der Waals surface area contributed by atoms with Crippen molar-refractivity contribution in [2.24, 2.45) is 0 Å². The van der Waals surface area contributed by atoms with Gasteiger partial charge in [0.1, 0.15) is 12.4 Å². The molecule has 0 N–H and O–H groups in total. The Labute approximate surface area is 120 Å². The number of halogens is 2. The summed E-state index contributed by atoms with van der Waals surface area (Å²) in [6.45, 7) is 2.58. The van der Waals surface area contributed by atoms with Gasteiger partial charge in [0, 0.05) is 8.59 Å². The van der Waals surface area contributed by atoms with Crippen LogP contribution in [0.1, 0.15) is 11.1 Å². The van der Waals surface area contributed by atoms with Crippen LogP contribution in [0.25, 0.3) is 0 Å². The molecule has 0 aliphatic heterocycles. The highest BCUT2D eigenvalue weighted by atomic mass is 127. The molecule has 2 rings (SSSR count). The van der Waals surface area contributed by atoms with Gasteiger partial charge in [-0.05, 0) is 64.9 Å². The summed E-state index contributed by atoms with van der Waals surface area (Å²) in [6, 6.07) is 14.0. The van der Waals surface area contributed by atoms with Crippen LogP contribution >= 0.6 is 34.2 Å². The van der Waals surface area contributed by atoms with Gasteiger partial charge in [-0.15, -0.1) is 0 Å². The predicted molar refractivity (Wildman–Crippen MR) is 79.7 cm³/mol. The van der Waals surface area contributed by atoms with Gasteiger partial charge >= 0.3 is 0 Å². The molecule has 0 fully saturated rings. The zero-order valence-electron chi connectivity index (χ0n) is 9.41. The molecule has 0 bridgehead atoms. The Morgan fingerprint density at radius 3 is 2.53 bits per heavy atom. The summed E-state index contributed by atoms with van der Waals surface area (Å²) in [5.74, 6) is 0.844. The third kappa shape index (κ3) is 3.61. The Morgan fingerprint density at radius 1 is 1.12 bits per heavy atom. The average Bonchev–Trinajstić information content (AvgIpc) is 2.32. The van der Waals surface area contributed by atoms with Crippen LogP contribution < -0.4 is 4.74 Å². The summed E-state index contributed by atoms with van der Waals surface area (Å²) in [7, 11) is 0.